The lowest BCUT2D eigenvalue weighted by atomic mass is 10.1. The van der Waals surface area contributed by atoms with E-state index in [1.165, 1.54) is 20.8 Å². The smallest absolute Gasteiger partial charge is 0.387 e. The zero-order valence-electron chi connectivity index (χ0n) is 15.4. The van der Waals surface area contributed by atoms with E-state index in [0.29, 0.717) is 4.57 Å². The first kappa shape index (κ1) is 22.8. The van der Waals surface area contributed by atoms with Crippen LogP contribution in [0.4, 0.5) is 13.2 Å². The van der Waals surface area contributed by atoms with E-state index in [1.807, 2.05) is 4.98 Å². The maximum atomic E-state index is 14.6. The Morgan fingerprint density at radius 2 is 1.89 bits per heavy atom. The Kier molecular flexibility index (Phi) is 6.93. The van der Waals surface area contributed by atoms with Crippen LogP contribution >= 0.6 is 7.60 Å². The van der Waals surface area contributed by atoms with Crippen LogP contribution < -0.4 is 11.2 Å². The van der Waals surface area contributed by atoms with Gasteiger partial charge in [0.15, 0.2) is 12.4 Å². The van der Waals surface area contributed by atoms with Crippen LogP contribution in [0.25, 0.3) is 0 Å². The number of aromatic nitrogens is 2. The number of nitrogens with one attached hydrogen (secondary N) is 1. The molecule has 0 saturated carbocycles. The van der Waals surface area contributed by atoms with Gasteiger partial charge in [-0.25, -0.2) is 9.18 Å². The van der Waals surface area contributed by atoms with Gasteiger partial charge in [0.25, 0.3) is 5.56 Å². The first-order valence-electron chi connectivity index (χ1n) is 8.54. The van der Waals surface area contributed by atoms with Gasteiger partial charge in [0, 0.05) is 11.8 Å². The summed E-state index contributed by atoms with van der Waals surface area (Å²) in [7, 11) is -4.90. The van der Waals surface area contributed by atoms with E-state index in [0.717, 1.165) is 6.20 Å². The molecule has 1 aromatic rings. The summed E-state index contributed by atoms with van der Waals surface area (Å²) in [5.74, 6) is 0. The number of aliphatic hydroxyl groups excluding tert-OH is 1. The van der Waals surface area contributed by atoms with Crippen LogP contribution in [0.2, 0.25) is 0 Å². The minimum Gasteiger partial charge on any atom is -0.387 e. The number of aliphatic hydroxyl groups is 1. The Labute approximate surface area is 158 Å². The van der Waals surface area contributed by atoms with E-state index in [-0.39, 0.29) is 18.8 Å². The molecule has 1 saturated heterocycles. The number of halogens is 3. The van der Waals surface area contributed by atoms with Crippen molar-refractivity contribution in [3.05, 3.63) is 32.6 Å². The molecular formula is C15H22F3N2O7P. The van der Waals surface area contributed by atoms with Crippen molar-refractivity contribution in [2.75, 3.05) is 13.2 Å². The third-order valence-corrected chi connectivity index (χ3v) is 6.34. The van der Waals surface area contributed by atoms with E-state index in [1.54, 1.807) is 0 Å². The average Bonchev–Trinajstić information content (AvgIpc) is 2.86. The van der Waals surface area contributed by atoms with Crippen molar-refractivity contribution in [2.45, 2.75) is 57.5 Å². The van der Waals surface area contributed by atoms with Crippen LogP contribution in [0.1, 0.15) is 32.1 Å². The molecule has 28 heavy (non-hydrogen) atoms. The molecule has 2 rings (SSSR count). The van der Waals surface area contributed by atoms with Gasteiger partial charge in [-0.1, -0.05) is 0 Å². The van der Waals surface area contributed by atoms with Gasteiger partial charge >= 0.3 is 18.9 Å². The fourth-order valence-corrected chi connectivity index (χ4v) is 4.33. The molecule has 1 aliphatic heterocycles. The highest BCUT2D eigenvalue weighted by Gasteiger charge is 2.58. The Morgan fingerprint density at radius 1 is 1.32 bits per heavy atom. The summed E-state index contributed by atoms with van der Waals surface area (Å²) in [5, 5.41) is 10.0. The molecule has 1 aliphatic rings. The fraction of sp³-hybridized carbons (Fsp3) is 0.733. The summed E-state index contributed by atoms with van der Waals surface area (Å²) in [4.78, 5) is 25.3. The summed E-state index contributed by atoms with van der Waals surface area (Å²) < 4.78 is 71.1. The number of ether oxygens (including phenoxy) is 1. The minimum atomic E-state index is -4.90. The normalized spacial score (nSPS) is 26.0. The number of H-pyrrole nitrogens is 1. The number of aromatic amines is 1. The fourth-order valence-electron chi connectivity index (χ4n) is 2.79. The summed E-state index contributed by atoms with van der Waals surface area (Å²) in [6.45, 7) is 3.41. The van der Waals surface area contributed by atoms with Crippen LogP contribution in [-0.4, -0.2) is 51.9 Å². The van der Waals surface area contributed by atoms with Gasteiger partial charge in [-0.15, -0.1) is 0 Å². The first-order chi connectivity index (χ1) is 13.0. The van der Waals surface area contributed by atoms with Crippen molar-refractivity contribution < 1.29 is 36.6 Å². The molecule has 1 fully saturated rings. The van der Waals surface area contributed by atoms with E-state index in [4.69, 9.17) is 4.74 Å². The number of aryl methyl sites for hydroxylation is 1. The average molecular weight is 430 g/mol. The van der Waals surface area contributed by atoms with Gasteiger partial charge in [-0.3, -0.25) is 18.9 Å². The Balaban J connectivity index is 2.29. The standard InChI is InChI=1S/C15H22F3N2O7P/c1-4-25-28(24,26-5-2)15(17,18)6-9-11(21)10(16)13(27-9)20-7-8(3)12(22)19-14(20)23/h7,9-11,13,21H,4-6H2,1-3H3,(H,19,22,23)/t9-,10-,11-,13?/m1/s1. The highest BCUT2D eigenvalue weighted by molar-refractivity contribution is 7.55. The molecule has 0 spiro atoms. The zero-order chi connectivity index (χ0) is 21.3. The molecule has 13 heteroatoms. The molecule has 2 N–H and O–H groups in total. The third kappa shape index (κ3) is 4.25. The molecule has 1 aromatic heterocycles. The van der Waals surface area contributed by atoms with Gasteiger partial charge < -0.3 is 18.9 Å². The van der Waals surface area contributed by atoms with Crippen molar-refractivity contribution in [1.29, 1.82) is 0 Å². The van der Waals surface area contributed by atoms with Crippen LogP contribution in [0.5, 0.6) is 0 Å². The van der Waals surface area contributed by atoms with Crippen molar-refractivity contribution in [3.63, 3.8) is 0 Å². The second kappa shape index (κ2) is 8.50. The SMILES string of the molecule is CCOP(=O)(OCC)C(F)(F)C[C@H]1OC(n2cc(C)c(=O)[nH]c2=O)[C@H](F)[C@@H]1O. The van der Waals surface area contributed by atoms with Gasteiger partial charge in [0.2, 0.25) is 0 Å². The van der Waals surface area contributed by atoms with E-state index in [2.05, 4.69) is 9.05 Å². The quantitative estimate of drug-likeness (QED) is 0.603. The summed E-state index contributed by atoms with van der Waals surface area (Å²) in [6.07, 6.45) is -8.20. The van der Waals surface area contributed by atoms with Gasteiger partial charge in [0.1, 0.15) is 6.10 Å². The molecule has 0 aromatic carbocycles. The number of hydrogen-bond acceptors (Lipinski definition) is 7. The molecular weight excluding hydrogens is 408 g/mol. The Bertz CT molecular complexity index is 849. The number of hydrogen-bond donors (Lipinski definition) is 2. The summed E-state index contributed by atoms with van der Waals surface area (Å²) in [6, 6.07) is 0. The second-order valence-corrected chi connectivity index (χ2v) is 8.35. The number of nitrogens with zero attached hydrogens (tertiary/aromatic N) is 1. The largest absolute Gasteiger partial charge is 0.399 e. The monoisotopic (exact) mass is 430 g/mol. The summed E-state index contributed by atoms with van der Waals surface area (Å²) in [5.41, 5.74) is -5.76. The number of rotatable bonds is 8. The molecule has 0 aliphatic carbocycles. The molecule has 0 radical (unpaired) electrons. The van der Waals surface area contributed by atoms with Crippen molar-refractivity contribution in [3.8, 4) is 0 Å². The molecule has 160 valence electrons. The molecule has 0 amide bonds. The summed E-state index contributed by atoms with van der Waals surface area (Å²) >= 11 is 0. The predicted octanol–water partition coefficient (Wildman–Crippen LogP) is 1.69. The van der Waals surface area contributed by atoms with Crippen LogP contribution in [-0.2, 0) is 18.3 Å². The van der Waals surface area contributed by atoms with Crippen LogP contribution in [0, 0.1) is 6.92 Å². The van der Waals surface area contributed by atoms with Crippen LogP contribution in [0.15, 0.2) is 15.8 Å². The van der Waals surface area contributed by atoms with E-state index >= 15 is 0 Å². The van der Waals surface area contributed by atoms with Gasteiger partial charge in [0.05, 0.1) is 25.7 Å². The van der Waals surface area contributed by atoms with Crippen molar-refractivity contribution >= 4 is 7.60 Å². The van der Waals surface area contributed by atoms with E-state index in [9.17, 15) is 32.4 Å². The lowest BCUT2D eigenvalue weighted by Gasteiger charge is -2.28. The van der Waals surface area contributed by atoms with Gasteiger partial charge in [-0.05, 0) is 20.8 Å². The van der Waals surface area contributed by atoms with Crippen molar-refractivity contribution in [2.24, 2.45) is 0 Å². The van der Waals surface area contributed by atoms with Crippen molar-refractivity contribution in [1.82, 2.24) is 9.55 Å². The lowest BCUT2D eigenvalue weighted by molar-refractivity contribution is -0.0714. The Morgan fingerprint density at radius 3 is 2.43 bits per heavy atom. The minimum absolute atomic E-state index is 0.0517. The topological polar surface area (TPSA) is 120 Å². The highest BCUT2D eigenvalue weighted by Crippen LogP contribution is 2.64. The molecule has 1 unspecified atom stereocenters. The van der Waals surface area contributed by atoms with Crippen LogP contribution in [0.3, 0.4) is 0 Å². The Hall–Kier alpha value is -1.46. The predicted molar refractivity (Wildman–Crippen MR) is 91.3 cm³/mol. The lowest BCUT2D eigenvalue weighted by Crippen LogP contribution is -2.37. The molecule has 4 atom stereocenters. The molecule has 2 heterocycles. The maximum Gasteiger partial charge on any atom is 0.399 e. The maximum absolute atomic E-state index is 14.6. The van der Waals surface area contributed by atoms with Gasteiger partial charge in [-0.2, -0.15) is 8.78 Å². The van der Waals surface area contributed by atoms with E-state index < -0.39 is 55.5 Å². The first-order valence-corrected chi connectivity index (χ1v) is 10.1. The third-order valence-electron chi connectivity index (χ3n) is 4.16. The zero-order valence-corrected chi connectivity index (χ0v) is 16.3. The second-order valence-electron chi connectivity index (χ2n) is 6.18. The highest BCUT2D eigenvalue weighted by atomic mass is 31.2. The number of alkyl halides is 3. The molecule has 9 nitrogen and oxygen atoms in total. The molecule has 0 bridgehead atoms.